The third-order valence-electron chi connectivity index (χ3n) is 3.32. The summed E-state index contributed by atoms with van der Waals surface area (Å²) in [6, 6.07) is 6.86. The van der Waals surface area contributed by atoms with Crippen LogP contribution in [0.5, 0.6) is 0 Å². The van der Waals surface area contributed by atoms with Crippen molar-refractivity contribution in [3.8, 4) is 0 Å². The van der Waals surface area contributed by atoms with Crippen LogP contribution >= 0.6 is 0 Å². The van der Waals surface area contributed by atoms with Gasteiger partial charge in [0.2, 0.25) is 0 Å². The molecule has 2 rings (SSSR count). The largest absolute Gasteiger partial charge is 0.374 e. The van der Waals surface area contributed by atoms with Crippen LogP contribution in [0.1, 0.15) is 19.4 Å². The fraction of sp³-hybridized carbons (Fsp3) is 0.538. The molecular formula is C13H20N2. The van der Waals surface area contributed by atoms with Crippen LogP contribution in [0, 0.1) is 0 Å². The average molecular weight is 204 g/mol. The third kappa shape index (κ3) is 1.81. The summed E-state index contributed by atoms with van der Waals surface area (Å²) in [5, 5.41) is 0. The van der Waals surface area contributed by atoms with E-state index in [-0.39, 0.29) is 0 Å². The molecule has 1 heterocycles. The lowest BCUT2D eigenvalue weighted by molar-refractivity contribution is 0.865. The van der Waals surface area contributed by atoms with Gasteiger partial charge >= 0.3 is 0 Å². The quantitative estimate of drug-likeness (QED) is 0.746. The van der Waals surface area contributed by atoms with Crippen LogP contribution in [-0.4, -0.2) is 26.7 Å². The molecule has 2 nitrogen and oxygen atoms in total. The molecule has 82 valence electrons. The first-order valence-electron chi connectivity index (χ1n) is 5.85. The molecule has 1 aliphatic rings. The monoisotopic (exact) mass is 204 g/mol. The van der Waals surface area contributed by atoms with Gasteiger partial charge in [-0.1, -0.05) is 0 Å². The molecule has 0 spiro atoms. The fourth-order valence-corrected chi connectivity index (χ4v) is 2.34. The molecule has 0 radical (unpaired) electrons. The van der Waals surface area contributed by atoms with Crippen molar-refractivity contribution in [3.05, 3.63) is 23.8 Å². The van der Waals surface area contributed by atoms with Crippen LogP contribution in [0.3, 0.4) is 0 Å². The fourth-order valence-electron chi connectivity index (χ4n) is 2.34. The number of benzene rings is 1. The van der Waals surface area contributed by atoms with Gasteiger partial charge in [-0.3, -0.25) is 0 Å². The molecule has 0 fully saturated rings. The lowest BCUT2D eigenvalue weighted by Crippen LogP contribution is -2.21. The molecule has 1 aromatic rings. The molecule has 0 N–H and O–H groups in total. The number of nitrogens with zero attached hydrogens (tertiary/aromatic N) is 2. The summed E-state index contributed by atoms with van der Waals surface area (Å²) >= 11 is 0. The zero-order valence-corrected chi connectivity index (χ0v) is 9.95. The molecular weight excluding hydrogens is 184 g/mol. The van der Waals surface area contributed by atoms with Crippen molar-refractivity contribution in [1.82, 2.24) is 0 Å². The van der Waals surface area contributed by atoms with E-state index in [4.69, 9.17) is 0 Å². The number of anilines is 2. The van der Waals surface area contributed by atoms with E-state index in [1.807, 2.05) is 0 Å². The van der Waals surface area contributed by atoms with Gasteiger partial charge in [-0.25, -0.2) is 0 Å². The number of hydrogen-bond acceptors (Lipinski definition) is 2. The van der Waals surface area contributed by atoms with Crippen molar-refractivity contribution in [2.24, 2.45) is 0 Å². The van der Waals surface area contributed by atoms with Crippen LogP contribution in [-0.2, 0) is 6.42 Å². The lowest BCUT2D eigenvalue weighted by atomic mass is 10.1. The molecule has 0 aromatic heterocycles. The summed E-state index contributed by atoms with van der Waals surface area (Å²) in [6.45, 7) is 7.76. The maximum absolute atomic E-state index is 2.40. The first kappa shape index (κ1) is 10.3. The summed E-state index contributed by atoms with van der Waals surface area (Å²) in [7, 11) is 2.17. The molecule has 0 saturated carbocycles. The first-order valence-corrected chi connectivity index (χ1v) is 5.85. The highest BCUT2D eigenvalue weighted by molar-refractivity contribution is 5.64. The minimum atomic E-state index is 1.09. The molecule has 0 atom stereocenters. The second kappa shape index (κ2) is 4.13. The van der Waals surface area contributed by atoms with E-state index >= 15 is 0 Å². The second-order valence-electron chi connectivity index (χ2n) is 4.16. The van der Waals surface area contributed by atoms with Gasteiger partial charge in [0.1, 0.15) is 0 Å². The number of rotatable bonds is 3. The minimum Gasteiger partial charge on any atom is -0.374 e. The summed E-state index contributed by atoms with van der Waals surface area (Å²) < 4.78 is 0. The number of hydrogen-bond donors (Lipinski definition) is 0. The molecule has 0 aliphatic carbocycles. The topological polar surface area (TPSA) is 6.48 Å². The predicted octanol–water partition coefficient (Wildman–Crippen LogP) is 2.53. The Morgan fingerprint density at radius 3 is 2.67 bits per heavy atom. The zero-order chi connectivity index (χ0) is 10.8. The molecule has 0 bridgehead atoms. The van der Waals surface area contributed by atoms with E-state index in [9.17, 15) is 0 Å². The van der Waals surface area contributed by atoms with Crippen molar-refractivity contribution in [1.29, 1.82) is 0 Å². The van der Waals surface area contributed by atoms with Crippen molar-refractivity contribution < 1.29 is 0 Å². The maximum atomic E-state index is 2.40. The summed E-state index contributed by atoms with van der Waals surface area (Å²) in [6.07, 6.45) is 1.20. The van der Waals surface area contributed by atoms with Gasteiger partial charge in [-0.05, 0) is 44.0 Å². The van der Waals surface area contributed by atoms with Gasteiger partial charge in [0.25, 0.3) is 0 Å². The Kier molecular flexibility index (Phi) is 2.85. The summed E-state index contributed by atoms with van der Waals surface area (Å²) in [5.41, 5.74) is 4.28. The molecule has 1 aromatic carbocycles. The van der Waals surface area contributed by atoms with Crippen LogP contribution in [0.15, 0.2) is 18.2 Å². The zero-order valence-electron chi connectivity index (χ0n) is 9.95. The third-order valence-corrected chi connectivity index (χ3v) is 3.32. The number of likely N-dealkylation sites (N-methyl/N-ethyl adjacent to an activating group) is 1. The Balaban J connectivity index is 2.30. The van der Waals surface area contributed by atoms with Gasteiger partial charge in [0, 0.05) is 38.1 Å². The van der Waals surface area contributed by atoms with E-state index in [1.165, 1.54) is 23.4 Å². The average Bonchev–Trinajstić information content (AvgIpc) is 2.62. The van der Waals surface area contributed by atoms with Crippen LogP contribution in [0.4, 0.5) is 11.4 Å². The van der Waals surface area contributed by atoms with E-state index in [0.29, 0.717) is 0 Å². The van der Waals surface area contributed by atoms with E-state index in [1.54, 1.807) is 0 Å². The first-order chi connectivity index (χ1) is 7.26. The van der Waals surface area contributed by atoms with E-state index in [0.717, 1.165) is 19.6 Å². The van der Waals surface area contributed by atoms with Gasteiger partial charge < -0.3 is 9.80 Å². The summed E-state index contributed by atoms with van der Waals surface area (Å²) in [5.74, 6) is 0. The Bertz CT molecular complexity index is 342. The smallest absolute Gasteiger partial charge is 0.0398 e. The van der Waals surface area contributed by atoms with Gasteiger partial charge in [0.05, 0.1) is 0 Å². The normalized spacial score (nSPS) is 14.2. The van der Waals surface area contributed by atoms with Crippen LogP contribution in [0.25, 0.3) is 0 Å². The highest BCUT2D eigenvalue weighted by Crippen LogP contribution is 2.30. The summed E-state index contributed by atoms with van der Waals surface area (Å²) in [4.78, 5) is 4.74. The molecule has 15 heavy (non-hydrogen) atoms. The predicted molar refractivity (Wildman–Crippen MR) is 67.0 cm³/mol. The second-order valence-corrected chi connectivity index (χ2v) is 4.16. The van der Waals surface area contributed by atoms with Crippen molar-refractivity contribution in [2.45, 2.75) is 20.3 Å². The van der Waals surface area contributed by atoms with Gasteiger partial charge in [-0.15, -0.1) is 0 Å². The molecule has 1 aliphatic heterocycles. The Morgan fingerprint density at radius 1 is 1.27 bits per heavy atom. The van der Waals surface area contributed by atoms with Gasteiger partial charge in [-0.2, -0.15) is 0 Å². The van der Waals surface area contributed by atoms with Crippen molar-refractivity contribution in [3.63, 3.8) is 0 Å². The molecule has 0 unspecified atom stereocenters. The Morgan fingerprint density at radius 2 is 2.00 bits per heavy atom. The minimum absolute atomic E-state index is 1.09. The standard InChI is InChI=1S/C13H20N2/c1-4-15(5-2)12-6-7-13-11(10-12)8-9-14(13)3/h6-7,10H,4-5,8-9H2,1-3H3. The van der Waals surface area contributed by atoms with Crippen LogP contribution < -0.4 is 9.80 Å². The molecule has 0 saturated heterocycles. The van der Waals surface area contributed by atoms with Crippen molar-refractivity contribution >= 4 is 11.4 Å². The lowest BCUT2D eigenvalue weighted by Gasteiger charge is -2.22. The highest BCUT2D eigenvalue weighted by Gasteiger charge is 2.16. The number of fused-ring (bicyclic) bond motifs is 1. The highest BCUT2D eigenvalue weighted by atomic mass is 15.1. The van der Waals surface area contributed by atoms with E-state index in [2.05, 4.69) is 48.9 Å². The molecule has 2 heteroatoms. The SMILES string of the molecule is CCN(CC)c1ccc2c(c1)CCN2C. The Hall–Kier alpha value is -1.18. The maximum Gasteiger partial charge on any atom is 0.0398 e. The van der Waals surface area contributed by atoms with Crippen molar-refractivity contribution in [2.75, 3.05) is 36.5 Å². The van der Waals surface area contributed by atoms with Gasteiger partial charge in [0.15, 0.2) is 0 Å². The Labute approximate surface area is 92.5 Å². The van der Waals surface area contributed by atoms with Crippen LogP contribution in [0.2, 0.25) is 0 Å². The molecule has 0 amide bonds. The van der Waals surface area contributed by atoms with E-state index < -0.39 is 0 Å².